The predicted octanol–water partition coefficient (Wildman–Crippen LogP) is 5.37. The lowest BCUT2D eigenvalue weighted by molar-refractivity contribution is 0.482. The quantitative estimate of drug-likeness (QED) is 0.802. The number of rotatable bonds is 5. The minimum Gasteiger partial charge on any atom is -0.456 e. The molecule has 21 heavy (non-hydrogen) atoms. The lowest BCUT2D eigenvalue weighted by Crippen LogP contribution is -2.21. The summed E-state index contributed by atoms with van der Waals surface area (Å²) in [5.74, 6) is 1.29. The Balaban J connectivity index is 2.16. The number of ether oxygens (including phenoxy) is 1. The van der Waals surface area contributed by atoms with E-state index in [1.54, 1.807) is 6.07 Å². The maximum Gasteiger partial charge on any atom is 0.146 e. The molecule has 0 spiro atoms. The van der Waals surface area contributed by atoms with Crippen molar-refractivity contribution in [2.75, 3.05) is 0 Å². The first-order valence-electron chi connectivity index (χ1n) is 6.97. The van der Waals surface area contributed by atoms with E-state index in [0.29, 0.717) is 21.5 Å². The van der Waals surface area contributed by atoms with Gasteiger partial charge in [-0.2, -0.15) is 0 Å². The Morgan fingerprint density at radius 1 is 1.10 bits per heavy atom. The summed E-state index contributed by atoms with van der Waals surface area (Å²) >= 11 is 12.5. The molecule has 2 nitrogen and oxygen atoms in total. The van der Waals surface area contributed by atoms with E-state index in [0.717, 1.165) is 24.0 Å². The third kappa shape index (κ3) is 4.37. The van der Waals surface area contributed by atoms with Crippen molar-refractivity contribution in [1.82, 2.24) is 0 Å². The molecule has 0 bridgehead atoms. The Morgan fingerprint density at radius 3 is 2.48 bits per heavy atom. The molecule has 0 radical (unpaired) electrons. The number of aryl methyl sites for hydroxylation is 1. The summed E-state index contributed by atoms with van der Waals surface area (Å²) in [4.78, 5) is 0. The lowest BCUT2D eigenvalue weighted by Gasteiger charge is -2.12. The molecule has 0 saturated heterocycles. The zero-order valence-electron chi connectivity index (χ0n) is 12.2. The van der Waals surface area contributed by atoms with Gasteiger partial charge in [-0.1, -0.05) is 42.3 Å². The standard InChI is InChI=1S/C17H19Cl2NO/c1-3-13(20)9-12-5-6-14(10-15(12)18)21-17-7-4-11(2)8-16(17)19/h4-8,10,13H,3,9,20H2,1-2H3. The summed E-state index contributed by atoms with van der Waals surface area (Å²) in [6.45, 7) is 4.05. The average Bonchev–Trinajstić information content (AvgIpc) is 2.44. The number of halogens is 2. The number of nitrogens with two attached hydrogens (primary N) is 1. The van der Waals surface area contributed by atoms with Crippen molar-refractivity contribution in [3.63, 3.8) is 0 Å². The molecule has 0 aromatic heterocycles. The Bertz CT molecular complexity index is 628. The molecule has 2 aromatic carbocycles. The molecular weight excluding hydrogens is 305 g/mol. The fourth-order valence-corrected chi connectivity index (χ4v) is 2.52. The van der Waals surface area contributed by atoms with E-state index in [4.69, 9.17) is 33.7 Å². The monoisotopic (exact) mass is 323 g/mol. The fourth-order valence-electron chi connectivity index (χ4n) is 2.00. The van der Waals surface area contributed by atoms with E-state index in [9.17, 15) is 0 Å². The van der Waals surface area contributed by atoms with E-state index in [1.807, 2.05) is 37.3 Å². The van der Waals surface area contributed by atoms with Crippen LogP contribution >= 0.6 is 23.2 Å². The van der Waals surface area contributed by atoms with E-state index >= 15 is 0 Å². The van der Waals surface area contributed by atoms with Crippen molar-refractivity contribution in [3.8, 4) is 11.5 Å². The maximum atomic E-state index is 6.29. The molecule has 1 unspecified atom stereocenters. The molecule has 0 amide bonds. The van der Waals surface area contributed by atoms with Gasteiger partial charge in [-0.05, 0) is 55.2 Å². The summed E-state index contributed by atoms with van der Waals surface area (Å²) in [6.07, 6.45) is 1.69. The topological polar surface area (TPSA) is 35.2 Å². The molecule has 112 valence electrons. The van der Waals surface area contributed by atoms with Crippen molar-refractivity contribution in [1.29, 1.82) is 0 Å². The highest BCUT2D eigenvalue weighted by Gasteiger charge is 2.09. The average molecular weight is 324 g/mol. The van der Waals surface area contributed by atoms with Gasteiger partial charge in [-0.25, -0.2) is 0 Å². The second-order valence-electron chi connectivity index (χ2n) is 5.16. The van der Waals surface area contributed by atoms with Gasteiger partial charge in [-0.3, -0.25) is 0 Å². The molecule has 0 saturated carbocycles. The molecule has 0 heterocycles. The number of hydrogen-bond acceptors (Lipinski definition) is 2. The summed E-state index contributed by atoms with van der Waals surface area (Å²) < 4.78 is 5.78. The number of benzene rings is 2. The second kappa shape index (κ2) is 7.17. The van der Waals surface area contributed by atoms with Crippen molar-refractivity contribution in [3.05, 3.63) is 57.6 Å². The van der Waals surface area contributed by atoms with Crippen LogP contribution in [0.3, 0.4) is 0 Å². The van der Waals surface area contributed by atoms with E-state index in [2.05, 4.69) is 6.92 Å². The third-order valence-corrected chi connectivity index (χ3v) is 3.99. The Labute approximate surface area is 135 Å². The van der Waals surface area contributed by atoms with Crippen LogP contribution in [-0.4, -0.2) is 6.04 Å². The van der Waals surface area contributed by atoms with E-state index in [-0.39, 0.29) is 6.04 Å². The van der Waals surface area contributed by atoms with E-state index < -0.39 is 0 Å². The highest BCUT2D eigenvalue weighted by molar-refractivity contribution is 6.32. The lowest BCUT2D eigenvalue weighted by atomic mass is 10.0. The molecule has 2 aromatic rings. The van der Waals surface area contributed by atoms with Gasteiger partial charge in [-0.15, -0.1) is 0 Å². The van der Waals surface area contributed by atoms with Gasteiger partial charge in [0.05, 0.1) is 5.02 Å². The van der Waals surface area contributed by atoms with Gasteiger partial charge in [0.2, 0.25) is 0 Å². The third-order valence-electron chi connectivity index (χ3n) is 3.35. The Morgan fingerprint density at radius 2 is 1.86 bits per heavy atom. The first-order chi connectivity index (χ1) is 9.99. The van der Waals surface area contributed by atoms with Gasteiger partial charge in [0.1, 0.15) is 11.5 Å². The minimum absolute atomic E-state index is 0.126. The molecule has 0 aliphatic carbocycles. The van der Waals surface area contributed by atoms with Crippen LogP contribution in [0.15, 0.2) is 36.4 Å². The van der Waals surface area contributed by atoms with Crippen molar-refractivity contribution in [2.24, 2.45) is 5.73 Å². The van der Waals surface area contributed by atoms with Crippen LogP contribution in [0.1, 0.15) is 24.5 Å². The first kappa shape index (κ1) is 16.2. The van der Waals surface area contributed by atoms with Crippen LogP contribution in [0.2, 0.25) is 10.0 Å². The Kier molecular flexibility index (Phi) is 5.51. The molecule has 2 N–H and O–H groups in total. The molecule has 0 aliphatic rings. The second-order valence-corrected chi connectivity index (χ2v) is 5.98. The molecular formula is C17H19Cl2NO. The van der Waals surface area contributed by atoms with Crippen LogP contribution in [-0.2, 0) is 6.42 Å². The van der Waals surface area contributed by atoms with Gasteiger partial charge in [0.25, 0.3) is 0 Å². The van der Waals surface area contributed by atoms with Gasteiger partial charge in [0.15, 0.2) is 0 Å². The maximum absolute atomic E-state index is 6.29. The minimum atomic E-state index is 0.126. The number of hydrogen-bond donors (Lipinski definition) is 1. The highest BCUT2D eigenvalue weighted by atomic mass is 35.5. The Hall–Kier alpha value is -1.22. The van der Waals surface area contributed by atoms with Crippen LogP contribution in [0.5, 0.6) is 11.5 Å². The molecule has 1 atom stereocenters. The van der Waals surface area contributed by atoms with Crippen molar-refractivity contribution < 1.29 is 4.74 Å². The highest BCUT2D eigenvalue weighted by Crippen LogP contribution is 2.32. The summed E-state index contributed by atoms with van der Waals surface area (Å²) in [7, 11) is 0. The van der Waals surface area contributed by atoms with Crippen LogP contribution in [0.4, 0.5) is 0 Å². The zero-order valence-corrected chi connectivity index (χ0v) is 13.7. The van der Waals surface area contributed by atoms with Crippen molar-refractivity contribution >= 4 is 23.2 Å². The normalized spacial score (nSPS) is 12.2. The van der Waals surface area contributed by atoms with Crippen LogP contribution < -0.4 is 10.5 Å². The molecule has 0 aliphatic heterocycles. The fraction of sp³-hybridized carbons (Fsp3) is 0.294. The zero-order chi connectivity index (χ0) is 15.4. The van der Waals surface area contributed by atoms with Gasteiger partial charge < -0.3 is 10.5 Å². The van der Waals surface area contributed by atoms with Crippen LogP contribution in [0.25, 0.3) is 0 Å². The molecule has 2 rings (SSSR count). The molecule has 4 heteroatoms. The summed E-state index contributed by atoms with van der Waals surface area (Å²) in [6, 6.07) is 11.4. The summed E-state index contributed by atoms with van der Waals surface area (Å²) in [5.41, 5.74) is 8.09. The smallest absolute Gasteiger partial charge is 0.146 e. The van der Waals surface area contributed by atoms with Gasteiger partial charge in [0, 0.05) is 11.1 Å². The van der Waals surface area contributed by atoms with E-state index in [1.165, 1.54) is 0 Å². The molecule has 0 fully saturated rings. The predicted molar refractivity (Wildman–Crippen MR) is 89.7 cm³/mol. The largest absolute Gasteiger partial charge is 0.456 e. The van der Waals surface area contributed by atoms with Crippen LogP contribution in [0, 0.1) is 6.92 Å². The van der Waals surface area contributed by atoms with Gasteiger partial charge >= 0.3 is 0 Å². The summed E-state index contributed by atoms with van der Waals surface area (Å²) in [5, 5.41) is 1.25. The SMILES string of the molecule is CCC(N)Cc1ccc(Oc2ccc(C)cc2Cl)cc1Cl. The van der Waals surface area contributed by atoms with Crippen molar-refractivity contribution in [2.45, 2.75) is 32.7 Å². The first-order valence-corrected chi connectivity index (χ1v) is 7.73.